The maximum atomic E-state index is 14.2. The van der Waals surface area contributed by atoms with Crippen LogP contribution in [0, 0.1) is 0 Å². The number of methoxy groups -OCH3 is 3. The highest BCUT2D eigenvalue weighted by molar-refractivity contribution is 5.98. The first-order valence-electron chi connectivity index (χ1n) is 13.6. The van der Waals surface area contributed by atoms with Gasteiger partial charge in [0.15, 0.2) is 11.5 Å². The van der Waals surface area contributed by atoms with Crippen molar-refractivity contribution in [3.63, 3.8) is 0 Å². The molecule has 0 aliphatic carbocycles. The number of carbonyl (C=O) groups is 2. The average Bonchev–Trinajstić information content (AvgIpc) is 3.01. The van der Waals surface area contributed by atoms with Crippen LogP contribution in [0.1, 0.15) is 22.7 Å². The third kappa shape index (κ3) is 7.20. The van der Waals surface area contributed by atoms with Gasteiger partial charge < -0.3 is 29.3 Å². The van der Waals surface area contributed by atoms with Crippen molar-refractivity contribution in [1.29, 1.82) is 0 Å². The van der Waals surface area contributed by atoms with Crippen molar-refractivity contribution in [3.05, 3.63) is 114 Å². The maximum Gasteiger partial charge on any atom is 0.251 e. The van der Waals surface area contributed by atoms with Crippen LogP contribution >= 0.6 is 0 Å². The van der Waals surface area contributed by atoms with Gasteiger partial charge in [-0.2, -0.15) is 0 Å². The summed E-state index contributed by atoms with van der Waals surface area (Å²) in [6, 6.07) is 29.1. The lowest BCUT2D eigenvalue weighted by Crippen LogP contribution is -2.41. The van der Waals surface area contributed by atoms with E-state index >= 15 is 0 Å². The Labute approximate surface area is 247 Å². The fourth-order valence-electron chi connectivity index (χ4n) is 4.76. The molecule has 42 heavy (non-hydrogen) atoms. The number of anilines is 2. The Kier molecular flexibility index (Phi) is 10.1. The second-order valence-corrected chi connectivity index (χ2v) is 9.96. The Hall–Kier alpha value is -4.98. The average molecular weight is 568 g/mol. The molecule has 0 radical (unpaired) electrons. The van der Waals surface area contributed by atoms with E-state index < -0.39 is 6.04 Å². The first kappa shape index (κ1) is 30.0. The SMILES string of the molecule is COc1cc(C(C(=O)Nc2ccc(N(C)C)cc2)N(Cc2ccccc2)C(=O)Cc2ccccc2)cc(OC)c1OC. The number of amides is 2. The number of rotatable bonds is 12. The molecule has 4 aromatic rings. The van der Waals surface area contributed by atoms with Crippen molar-refractivity contribution in [1.82, 2.24) is 4.90 Å². The summed E-state index contributed by atoms with van der Waals surface area (Å²) in [5.41, 5.74) is 3.86. The van der Waals surface area contributed by atoms with Crippen molar-refractivity contribution >= 4 is 23.2 Å². The monoisotopic (exact) mass is 567 g/mol. The fourth-order valence-corrected chi connectivity index (χ4v) is 4.76. The maximum absolute atomic E-state index is 14.2. The summed E-state index contributed by atoms with van der Waals surface area (Å²) in [7, 11) is 8.46. The standard InChI is InChI=1S/C34H37N3O5/c1-36(2)28-18-16-27(17-19-28)35-34(39)32(26-21-29(40-3)33(42-5)30(22-26)41-4)37(23-25-14-10-7-11-15-25)31(38)20-24-12-8-6-9-13-24/h6-19,21-22,32H,20,23H2,1-5H3,(H,35,39). The molecule has 0 bridgehead atoms. The topological polar surface area (TPSA) is 80.3 Å². The zero-order chi connectivity index (χ0) is 30.1. The first-order valence-corrected chi connectivity index (χ1v) is 13.6. The Balaban J connectivity index is 1.83. The van der Waals surface area contributed by atoms with Gasteiger partial charge in [-0.05, 0) is 53.1 Å². The van der Waals surface area contributed by atoms with Gasteiger partial charge in [-0.3, -0.25) is 9.59 Å². The fraction of sp³-hybridized carbons (Fsp3) is 0.235. The molecule has 4 aromatic carbocycles. The van der Waals surface area contributed by atoms with Crippen LogP contribution < -0.4 is 24.4 Å². The quantitative estimate of drug-likeness (QED) is 0.236. The summed E-state index contributed by atoms with van der Waals surface area (Å²) in [5.74, 6) is 0.582. The van der Waals surface area contributed by atoms with Gasteiger partial charge >= 0.3 is 0 Å². The van der Waals surface area contributed by atoms with E-state index in [1.807, 2.05) is 104 Å². The van der Waals surface area contributed by atoms with Crippen LogP contribution in [0.2, 0.25) is 0 Å². The van der Waals surface area contributed by atoms with Gasteiger partial charge in [-0.15, -0.1) is 0 Å². The Morgan fingerprint density at radius 3 is 1.79 bits per heavy atom. The zero-order valence-electron chi connectivity index (χ0n) is 24.7. The molecule has 0 fully saturated rings. The number of ether oxygens (including phenoxy) is 3. The highest BCUT2D eigenvalue weighted by Crippen LogP contribution is 2.41. The van der Waals surface area contributed by atoms with Crippen molar-refractivity contribution in [3.8, 4) is 17.2 Å². The highest BCUT2D eigenvalue weighted by atomic mass is 16.5. The van der Waals surface area contributed by atoms with E-state index in [1.54, 1.807) is 17.0 Å². The van der Waals surface area contributed by atoms with E-state index in [1.165, 1.54) is 21.3 Å². The van der Waals surface area contributed by atoms with Crippen LogP contribution in [-0.4, -0.2) is 52.1 Å². The van der Waals surface area contributed by atoms with E-state index in [0.29, 0.717) is 28.5 Å². The molecule has 0 aliphatic heterocycles. The molecule has 1 N–H and O–H groups in total. The minimum absolute atomic E-state index is 0.124. The number of hydrogen-bond acceptors (Lipinski definition) is 6. The third-order valence-electron chi connectivity index (χ3n) is 6.93. The third-order valence-corrected chi connectivity index (χ3v) is 6.93. The summed E-state index contributed by atoms with van der Waals surface area (Å²) < 4.78 is 16.8. The lowest BCUT2D eigenvalue weighted by Gasteiger charge is -2.32. The van der Waals surface area contributed by atoms with Crippen LogP contribution in [0.25, 0.3) is 0 Å². The van der Waals surface area contributed by atoms with Crippen LogP contribution in [0.5, 0.6) is 17.2 Å². The predicted octanol–water partition coefficient (Wildman–Crippen LogP) is 5.73. The molecule has 0 heterocycles. The van der Waals surface area contributed by atoms with Crippen molar-refractivity contribution in [2.24, 2.45) is 0 Å². The largest absolute Gasteiger partial charge is 0.493 e. The minimum atomic E-state index is -1.02. The van der Waals surface area contributed by atoms with Crippen LogP contribution in [0.3, 0.4) is 0 Å². The van der Waals surface area contributed by atoms with E-state index in [9.17, 15) is 9.59 Å². The molecule has 8 heteroatoms. The second kappa shape index (κ2) is 14.1. The van der Waals surface area contributed by atoms with Crippen molar-refractivity contribution in [2.75, 3.05) is 45.6 Å². The smallest absolute Gasteiger partial charge is 0.251 e. The van der Waals surface area contributed by atoms with Crippen LogP contribution in [0.4, 0.5) is 11.4 Å². The lowest BCUT2D eigenvalue weighted by molar-refractivity contribution is -0.139. The molecule has 0 spiro atoms. The van der Waals surface area contributed by atoms with Gasteiger partial charge in [0.1, 0.15) is 6.04 Å². The molecule has 8 nitrogen and oxygen atoms in total. The Morgan fingerprint density at radius 1 is 0.738 bits per heavy atom. The molecule has 218 valence electrons. The number of carbonyl (C=O) groups excluding carboxylic acids is 2. The Morgan fingerprint density at radius 2 is 1.29 bits per heavy atom. The molecule has 0 saturated carbocycles. The molecule has 1 atom stereocenters. The summed E-state index contributed by atoms with van der Waals surface area (Å²) in [5, 5.41) is 3.03. The van der Waals surface area contributed by atoms with Gasteiger partial charge in [0.05, 0.1) is 27.8 Å². The van der Waals surface area contributed by atoms with Crippen molar-refractivity contribution in [2.45, 2.75) is 19.0 Å². The van der Waals surface area contributed by atoms with Gasteiger partial charge in [-0.1, -0.05) is 60.7 Å². The van der Waals surface area contributed by atoms with Crippen LogP contribution in [-0.2, 0) is 22.6 Å². The number of nitrogens with zero attached hydrogens (tertiary/aromatic N) is 2. The predicted molar refractivity (Wildman–Crippen MR) is 165 cm³/mol. The molecule has 0 aromatic heterocycles. The number of hydrogen-bond donors (Lipinski definition) is 1. The summed E-state index contributed by atoms with van der Waals surface area (Å²) in [6.45, 7) is 0.209. The van der Waals surface area contributed by atoms with Crippen molar-refractivity contribution < 1.29 is 23.8 Å². The number of nitrogens with one attached hydrogen (secondary N) is 1. The minimum Gasteiger partial charge on any atom is -0.493 e. The van der Waals surface area contributed by atoms with Gasteiger partial charge in [0, 0.05) is 32.0 Å². The second-order valence-electron chi connectivity index (χ2n) is 9.96. The summed E-state index contributed by atoms with van der Waals surface area (Å²) >= 11 is 0. The first-order chi connectivity index (χ1) is 20.3. The van der Waals surface area contributed by atoms with E-state index in [4.69, 9.17) is 14.2 Å². The summed E-state index contributed by atoms with van der Waals surface area (Å²) in [4.78, 5) is 31.9. The van der Waals surface area contributed by atoms with E-state index in [2.05, 4.69) is 5.32 Å². The van der Waals surface area contributed by atoms with E-state index in [-0.39, 0.29) is 24.8 Å². The van der Waals surface area contributed by atoms with Gasteiger partial charge in [-0.25, -0.2) is 0 Å². The van der Waals surface area contributed by atoms with E-state index in [0.717, 1.165) is 16.8 Å². The summed E-state index contributed by atoms with van der Waals surface area (Å²) in [6.07, 6.45) is 0.124. The Bertz CT molecular complexity index is 1450. The van der Waals surface area contributed by atoms with Crippen LogP contribution in [0.15, 0.2) is 97.1 Å². The molecule has 2 amide bonds. The van der Waals surface area contributed by atoms with Gasteiger partial charge in [0.2, 0.25) is 11.7 Å². The molecule has 0 aliphatic rings. The molecular weight excluding hydrogens is 530 g/mol. The zero-order valence-corrected chi connectivity index (χ0v) is 24.7. The van der Waals surface area contributed by atoms with Gasteiger partial charge in [0.25, 0.3) is 5.91 Å². The molecule has 1 unspecified atom stereocenters. The lowest BCUT2D eigenvalue weighted by atomic mass is 10.00. The highest BCUT2D eigenvalue weighted by Gasteiger charge is 2.33. The molecular formula is C34H37N3O5. The number of benzene rings is 4. The molecule has 0 saturated heterocycles. The molecule has 4 rings (SSSR count). The normalized spacial score (nSPS) is 11.3.